The van der Waals surface area contributed by atoms with Crippen LogP contribution in [0.4, 0.5) is 0 Å². The summed E-state index contributed by atoms with van der Waals surface area (Å²) in [5, 5.41) is 0. The summed E-state index contributed by atoms with van der Waals surface area (Å²) < 4.78 is 0. The van der Waals surface area contributed by atoms with E-state index in [4.69, 9.17) is 0 Å². The number of hydrogen-bond donors (Lipinski definition) is 0. The van der Waals surface area contributed by atoms with Crippen molar-refractivity contribution in [1.29, 1.82) is 0 Å². The van der Waals surface area contributed by atoms with Crippen LogP contribution in [0.25, 0.3) is 0 Å². The minimum Gasteiger partial charge on any atom is -0.0876 e. The highest BCUT2D eigenvalue weighted by molar-refractivity contribution is 8.07. The first kappa shape index (κ1) is 33.2. The van der Waals surface area contributed by atoms with Gasteiger partial charge in [-0.2, -0.15) is 0 Å². The molecule has 0 aliphatic rings. The van der Waals surface area contributed by atoms with Gasteiger partial charge in [0.2, 0.25) is 0 Å². The maximum Gasteiger partial charge on any atom is 0.0425 e. The Morgan fingerprint density at radius 1 is 0.167 bits per heavy atom. The fourth-order valence-electron chi connectivity index (χ4n) is 4.81. The van der Waals surface area contributed by atoms with Crippen LogP contribution in [-0.4, -0.2) is 0 Å². The van der Waals surface area contributed by atoms with Crippen LogP contribution < -0.4 is 0 Å². The van der Waals surface area contributed by atoms with Crippen LogP contribution in [-0.2, 0) is 0 Å². The van der Waals surface area contributed by atoms with Crippen LogP contribution >= 0.6 is 70.6 Å². The molecular formula is C42H30S6. The summed E-state index contributed by atoms with van der Waals surface area (Å²) in [6.45, 7) is 0. The van der Waals surface area contributed by atoms with Crippen LogP contribution in [0.1, 0.15) is 0 Å². The maximum absolute atomic E-state index is 2.22. The first-order valence-corrected chi connectivity index (χ1v) is 20.3. The second-order valence-corrected chi connectivity index (χ2v) is 17.0. The molecule has 7 rings (SSSR count). The van der Waals surface area contributed by atoms with Crippen molar-refractivity contribution in [2.75, 3.05) is 0 Å². The van der Waals surface area contributed by atoms with E-state index in [1.165, 1.54) is 58.7 Å². The monoisotopic (exact) mass is 726 g/mol. The lowest BCUT2D eigenvalue weighted by atomic mass is 10.3. The molecule has 0 aliphatic heterocycles. The molecule has 0 N–H and O–H groups in total. The molecule has 234 valence electrons. The van der Waals surface area contributed by atoms with Crippen LogP contribution in [0.15, 0.2) is 241 Å². The highest BCUT2D eigenvalue weighted by Crippen LogP contribution is 2.59. The van der Waals surface area contributed by atoms with Crippen molar-refractivity contribution >= 4 is 70.6 Å². The Balaban J connectivity index is 1.56. The quantitative estimate of drug-likeness (QED) is 0.122. The summed E-state index contributed by atoms with van der Waals surface area (Å²) in [4.78, 5) is 15.0. The van der Waals surface area contributed by atoms with E-state index in [0.717, 1.165) is 0 Å². The van der Waals surface area contributed by atoms with E-state index >= 15 is 0 Å². The minimum absolute atomic E-state index is 1.22. The zero-order chi connectivity index (χ0) is 32.4. The van der Waals surface area contributed by atoms with Gasteiger partial charge in [0.25, 0.3) is 0 Å². The van der Waals surface area contributed by atoms with Gasteiger partial charge in [0.15, 0.2) is 0 Å². The van der Waals surface area contributed by atoms with Gasteiger partial charge in [-0.15, -0.1) is 0 Å². The second kappa shape index (κ2) is 16.8. The summed E-state index contributed by atoms with van der Waals surface area (Å²) in [5.41, 5.74) is 0. The molecule has 0 bridgehead atoms. The largest absolute Gasteiger partial charge is 0.0876 e. The molecule has 7 aromatic carbocycles. The standard InChI is InChI=1S/C42H30S6/c1-7-19-31(20-8-1)43-37-38(44-32-21-9-2-10-22-32)40(46-34-25-13-4-14-26-34)42(48-36-29-17-6-18-30-36)41(47-35-27-15-5-16-28-35)39(37)45-33-23-11-3-12-24-33/h1-30H. The summed E-state index contributed by atoms with van der Waals surface area (Å²) in [5.74, 6) is 0. The lowest BCUT2D eigenvalue weighted by molar-refractivity contribution is 0.871. The molecule has 48 heavy (non-hydrogen) atoms. The molecule has 0 atom stereocenters. The first-order valence-electron chi connectivity index (χ1n) is 15.4. The Bertz CT molecular complexity index is 1630. The Hall–Kier alpha value is -3.36. The fraction of sp³-hybridized carbons (Fsp3) is 0. The molecule has 0 saturated heterocycles. The SMILES string of the molecule is c1ccc(Sc2c(Sc3ccccc3)c(Sc3ccccc3)c(Sc3ccccc3)c(Sc3ccccc3)c2Sc2ccccc2)cc1. The van der Waals surface area contributed by atoms with Crippen LogP contribution in [0.3, 0.4) is 0 Å². The molecular weight excluding hydrogens is 697 g/mol. The zero-order valence-corrected chi connectivity index (χ0v) is 30.7. The van der Waals surface area contributed by atoms with Crippen molar-refractivity contribution in [2.45, 2.75) is 58.7 Å². The normalized spacial score (nSPS) is 11.0. The minimum atomic E-state index is 1.22. The molecule has 0 fully saturated rings. The first-order chi connectivity index (χ1) is 23.8. The van der Waals surface area contributed by atoms with Gasteiger partial charge >= 0.3 is 0 Å². The highest BCUT2D eigenvalue weighted by Gasteiger charge is 2.28. The van der Waals surface area contributed by atoms with Crippen molar-refractivity contribution < 1.29 is 0 Å². The molecule has 0 saturated carbocycles. The zero-order valence-electron chi connectivity index (χ0n) is 25.8. The molecule has 0 aliphatic carbocycles. The maximum atomic E-state index is 2.22. The third-order valence-electron chi connectivity index (χ3n) is 7.02. The van der Waals surface area contributed by atoms with Crippen molar-refractivity contribution in [3.63, 3.8) is 0 Å². The summed E-state index contributed by atoms with van der Waals surface area (Å²) in [7, 11) is 0. The van der Waals surface area contributed by atoms with Gasteiger partial charge < -0.3 is 0 Å². The van der Waals surface area contributed by atoms with E-state index in [9.17, 15) is 0 Å². The van der Waals surface area contributed by atoms with E-state index in [0.29, 0.717) is 0 Å². The molecule has 0 spiro atoms. The predicted octanol–water partition coefficient (Wildman–Crippen LogP) is 14.6. The number of hydrogen-bond acceptors (Lipinski definition) is 6. The van der Waals surface area contributed by atoms with E-state index in [1.807, 2.05) is 70.6 Å². The van der Waals surface area contributed by atoms with Crippen molar-refractivity contribution in [1.82, 2.24) is 0 Å². The van der Waals surface area contributed by atoms with E-state index < -0.39 is 0 Å². The van der Waals surface area contributed by atoms with Crippen molar-refractivity contribution in [3.05, 3.63) is 182 Å². The van der Waals surface area contributed by atoms with Gasteiger partial charge in [0.05, 0.1) is 0 Å². The molecule has 0 amide bonds. The van der Waals surface area contributed by atoms with Crippen LogP contribution in [0.2, 0.25) is 0 Å². The Morgan fingerprint density at radius 3 is 0.417 bits per heavy atom. The van der Waals surface area contributed by atoms with Crippen molar-refractivity contribution in [3.8, 4) is 0 Å². The smallest absolute Gasteiger partial charge is 0.0425 e. The van der Waals surface area contributed by atoms with Gasteiger partial charge in [-0.1, -0.05) is 180 Å². The predicted molar refractivity (Wildman–Crippen MR) is 210 cm³/mol. The Morgan fingerprint density at radius 2 is 0.292 bits per heavy atom. The number of benzene rings is 7. The lowest BCUT2D eigenvalue weighted by Crippen LogP contribution is -1.97. The summed E-state index contributed by atoms with van der Waals surface area (Å²) in [6.07, 6.45) is 0. The molecule has 0 heterocycles. The number of rotatable bonds is 12. The molecule has 0 unspecified atom stereocenters. The molecule has 0 nitrogen and oxygen atoms in total. The van der Waals surface area contributed by atoms with Gasteiger partial charge in [-0.05, 0) is 72.8 Å². The lowest BCUT2D eigenvalue weighted by Gasteiger charge is -2.25. The van der Waals surface area contributed by atoms with E-state index in [2.05, 4.69) is 182 Å². The Labute approximate surface area is 309 Å². The Kier molecular flexibility index (Phi) is 11.6. The molecule has 6 heteroatoms. The van der Waals surface area contributed by atoms with Gasteiger partial charge in [-0.3, -0.25) is 0 Å². The highest BCUT2D eigenvalue weighted by atomic mass is 32.2. The topological polar surface area (TPSA) is 0 Å². The van der Waals surface area contributed by atoms with Crippen LogP contribution in [0.5, 0.6) is 0 Å². The summed E-state index contributed by atoms with van der Waals surface area (Å²) in [6, 6.07) is 64.8. The van der Waals surface area contributed by atoms with Gasteiger partial charge in [0, 0.05) is 58.7 Å². The molecule has 0 radical (unpaired) electrons. The average molecular weight is 727 g/mol. The average Bonchev–Trinajstić information content (AvgIpc) is 3.15. The molecule has 7 aromatic rings. The second-order valence-electron chi connectivity index (χ2n) is 10.5. The van der Waals surface area contributed by atoms with Crippen molar-refractivity contribution in [2.24, 2.45) is 0 Å². The molecule has 0 aromatic heterocycles. The van der Waals surface area contributed by atoms with E-state index in [-0.39, 0.29) is 0 Å². The van der Waals surface area contributed by atoms with Gasteiger partial charge in [0.1, 0.15) is 0 Å². The fourth-order valence-corrected chi connectivity index (χ4v) is 12.2. The third kappa shape index (κ3) is 8.61. The summed E-state index contributed by atoms with van der Waals surface area (Å²) >= 11 is 11.2. The van der Waals surface area contributed by atoms with Crippen LogP contribution in [0, 0.1) is 0 Å². The van der Waals surface area contributed by atoms with E-state index in [1.54, 1.807) is 0 Å². The third-order valence-corrected chi connectivity index (χ3v) is 14.5. The van der Waals surface area contributed by atoms with Gasteiger partial charge in [-0.25, -0.2) is 0 Å².